The summed E-state index contributed by atoms with van der Waals surface area (Å²) in [5.41, 5.74) is 0. The molecular weight excluding hydrogens is 278 g/mol. The molecule has 0 aromatic rings. The van der Waals surface area contributed by atoms with Crippen molar-refractivity contribution in [1.29, 1.82) is 0 Å². The van der Waals surface area contributed by atoms with E-state index in [4.69, 9.17) is 18.9 Å². The van der Waals surface area contributed by atoms with Crippen molar-refractivity contribution in [3.05, 3.63) is 0 Å². The number of ether oxygens (including phenoxy) is 4. The van der Waals surface area contributed by atoms with E-state index in [-0.39, 0.29) is 19.1 Å². The maximum atomic E-state index is 11.4. The second kappa shape index (κ2) is 17.0. The van der Waals surface area contributed by atoms with Crippen LogP contribution in [0.25, 0.3) is 0 Å². The SMILES string of the molecule is CCCCOCCOCC(=O)NCCOCCOCC=O. The molecule has 0 bridgehead atoms. The summed E-state index contributed by atoms with van der Waals surface area (Å²) in [4.78, 5) is 21.3. The largest absolute Gasteiger partial charge is 0.379 e. The Morgan fingerprint density at radius 2 is 1.62 bits per heavy atom. The van der Waals surface area contributed by atoms with Crippen molar-refractivity contribution < 1.29 is 28.5 Å². The van der Waals surface area contributed by atoms with Crippen LogP contribution in [0.2, 0.25) is 0 Å². The molecule has 0 saturated carbocycles. The first-order valence-corrected chi connectivity index (χ1v) is 7.32. The lowest BCUT2D eigenvalue weighted by Crippen LogP contribution is -2.31. The van der Waals surface area contributed by atoms with E-state index in [2.05, 4.69) is 12.2 Å². The van der Waals surface area contributed by atoms with Crippen LogP contribution in [0.1, 0.15) is 19.8 Å². The van der Waals surface area contributed by atoms with E-state index < -0.39 is 0 Å². The molecule has 0 rings (SSSR count). The average molecular weight is 305 g/mol. The Kier molecular flexibility index (Phi) is 16.2. The van der Waals surface area contributed by atoms with Crippen LogP contribution in [-0.4, -0.2) is 71.6 Å². The minimum Gasteiger partial charge on any atom is -0.379 e. The Balaban J connectivity index is 3.14. The van der Waals surface area contributed by atoms with Crippen LogP contribution < -0.4 is 5.32 Å². The van der Waals surface area contributed by atoms with Crippen LogP contribution in [0.4, 0.5) is 0 Å². The molecule has 0 aliphatic rings. The third kappa shape index (κ3) is 16.9. The first-order valence-electron chi connectivity index (χ1n) is 7.32. The standard InChI is InChI=1S/C14H27NO6/c1-2-3-6-18-11-12-21-13-14(17)15-4-7-19-9-10-20-8-5-16/h5H,2-4,6-13H2,1H3,(H,15,17). The van der Waals surface area contributed by atoms with Gasteiger partial charge in [-0.2, -0.15) is 0 Å². The van der Waals surface area contributed by atoms with Crippen molar-refractivity contribution in [2.45, 2.75) is 19.8 Å². The van der Waals surface area contributed by atoms with Gasteiger partial charge in [-0.15, -0.1) is 0 Å². The third-order valence-corrected chi connectivity index (χ3v) is 2.37. The molecule has 1 N–H and O–H groups in total. The number of aldehydes is 1. The number of carbonyl (C=O) groups excluding carboxylic acids is 2. The van der Waals surface area contributed by atoms with Crippen molar-refractivity contribution in [3.63, 3.8) is 0 Å². The summed E-state index contributed by atoms with van der Waals surface area (Å²) in [6.07, 6.45) is 2.84. The van der Waals surface area contributed by atoms with Gasteiger partial charge in [-0.1, -0.05) is 13.3 Å². The predicted molar refractivity (Wildman–Crippen MR) is 77.3 cm³/mol. The molecule has 0 aliphatic carbocycles. The fourth-order valence-corrected chi connectivity index (χ4v) is 1.30. The highest BCUT2D eigenvalue weighted by molar-refractivity contribution is 5.77. The number of nitrogens with one attached hydrogen (secondary N) is 1. The van der Waals surface area contributed by atoms with Crippen LogP contribution in [0.3, 0.4) is 0 Å². The monoisotopic (exact) mass is 305 g/mol. The molecular formula is C14H27NO6. The predicted octanol–water partition coefficient (Wildman–Crippen LogP) is 0.168. The first-order chi connectivity index (χ1) is 10.3. The highest BCUT2D eigenvalue weighted by Crippen LogP contribution is 1.87. The molecule has 0 aliphatic heterocycles. The van der Waals surface area contributed by atoms with Crippen LogP contribution in [0.15, 0.2) is 0 Å². The van der Waals surface area contributed by atoms with E-state index in [0.717, 1.165) is 19.4 Å². The van der Waals surface area contributed by atoms with Crippen LogP contribution in [0.5, 0.6) is 0 Å². The molecule has 0 saturated heterocycles. The van der Waals surface area contributed by atoms with E-state index in [1.54, 1.807) is 0 Å². The Morgan fingerprint density at radius 3 is 2.33 bits per heavy atom. The van der Waals surface area contributed by atoms with Gasteiger partial charge in [-0.3, -0.25) is 4.79 Å². The molecule has 7 nitrogen and oxygen atoms in total. The second-order valence-corrected chi connectivity index (χ2v) is 4.22. The molecule has 7 heteroatoms. The maximum absolute atomic E-state index is 11.4. The molecule has 21 heavy (non-hydrogen) atoms. The van der Waals surface area contributed by atoms with E-state index in [0.29, 0.717) is 45.9 Å². The lowest BCUT2D eigenvalue weighted by Gasteiger charge is -2.07. The summed E-state index contributed by atoms with van der Waals surface area (Å²) >= 11 is 0. The van der Waals surface area contributed by atoms with Gasteiger partial charge in [0.2, 0.25) is 5.91 Å². The average Bonchev–Trinajstić information content (AvgIpc) is 2.49. The van der Waals surface area contributed by atoms with Gasteiger partial charge in [-0.25, -0.2) is 0 Å². The minimum atomic E-state index is -0.177. The fraction of sp³-hybridized carbons (Fsp3) is 0.857. The Hall–Kier alpha value is -1.02. The summed E-state index contributed by atoms with van der Waals surface area (Å²) in [7, 11) is 0. The number of carbonyl (C=O) groups is 2. The summed E-state index contributed by atoms with van der Waals surface area (Å²) in [5, 5.41) is 2.67. The van der Waals surface area contributed by atoms with Gasteiger partial charge in [0.05, 0.1) is 33.0 Å². The zero-order valence-corrected chi connectivity index (χ0v) is 12.8. The van der Waals surface area contributed by atoms with Crippen molar-refractivity contribution in [2.75, 3.05) is 59.4 Å². The quantitative estimate of drug-likeness (QED) is 0.323. The Labute approximate surface area is 126 Å². The third-order valence-electron chi connectivity index (χ3n) is 2.37. The number of amides is 1. The van der Waals surface area contributed by atoms with E-state index in [9.17, 15) is 9.59 Å². The van der Waals surface area contributed by atoms with Crippen molar-refractivity contribution in [3.8, 4) is 0 Å². The highest BCUT2D eigenvalue weighted by atomic mass is 16.5. The maximum Gasteiger partial charge on any atom is 0.246 e. The van der Waals surface area contributed by atoms with Gasteiger partial charge in [0, 0.05) is 13.2 Å². The van der Waals surface area contributed by atoms with Crippen LogP contribution in [0, 0.1) is 0 Å². The minimum absolute atomic E-state index is 0.0274. The zero-order valence-electron chi connectivity index (χ0n) is 12.8. The summed E-state index contributed by atoms with van der Waals surface area (Å²) < 4.78 is 20.6. The number of unbranched alkanes of at least 4 members (excludes halogenated alkanes) is 1. The topological polar surface area (TPSA) is 83.1 Å². The lowest BCUT2D eigenvalue weighted by molar-refractivity contribution is -0.126. The second-order valence-electron chi connectivity index (χ2n) is 4.22. The Bertz CT molecular complexity index is 250. The number of rotatable bonds is 16. The van der Waals surface area contributed by atoms with E-state index in [1.807, 2.05) is 0 Å². The molecule has 0 radical (unpaired) electrons. The summed E-state index contributed by atoms with van der Waals surface area (Å²) in [5.74, 6) is -0.177. The van der Waals surface area contributed by atoms with Gasteiger partial charge in [-0.05, 0) is 6.42 Å². The first kappa shape index (κ1) is 20.0. The van der Waals surface area contributed by atoms with Gasteiger partial charge in [0.15, 0.2) is 0 Å². The number of hydrogen-bond donors (Lipinski definition) is 1. The summed E-state index contributed by atoms with van der Waals surface area (Å²) in [6, 6.07) is 0. The molecule has 124 valence electrons. The Morgan fingerprint density at radius 1 is 0.952 bits per heavy atom. The van der Waals surface area contributed by atoms with Crippen molar-refractivity contribution in [2.24, 2.45) is 0 Å². The highest BCUT2D eigenvalue weighted by Gasteiger charge is 2.00. The van der Waals surface area contributed by atoms with Gasteiger partial charge < -0.3 is 29.1 Å². The molecule has 0 spiro atoms. The molecule has 1 amide bonds. The van der Waals surface area contributed by atoms with Gasteiger partial charge >= 0.3 is 0 Å². The molecule has 0 aromatic heterocycles. The van der Waals surface area contributed by atoms with E-state index >= 15 is 0 Å². The molecule has 0 atom stereocenters. The van der Waals surface area contributed by atoms with Crippen LogP contribution in [-0.2, 0) is 28.5 Å². The van der Waals surface area contributed by atoms with Crippen molar-refractivity contribution >= 4 is 12.2 Å². The number of hydrogen-bond acceptors (Lipinski definition) is 6. The summed E-state index contributed by atoms with van der Waals surface area (Å²) in [6.45, 7) is 5.46. The van der Waals surface area contributed by atoms with E-state index in [1.165, 1.54) is 0 Å². The normalized spacial score (nSPS) is 10.5. The van der Waals surface area contributed by atoms with Crippen LogP contribution >= 0.6 is 0 Å². The zero-order chi connectivity index (χ0) is 15.6. The molecule has 0 unspecified atom stereocenters. The smallest absolute Gasteiger partial charge is 0.246 e. The van der Waals surface area contributed by atoms with Gasteiger partial charge in [0.25, 0.3) is 0 Å². The molecule has 0 heterocycles. The van der Waals surface area contributed by atoms with Gasteiger partial charge in [0.1, 0.15) is 19.5 Å². The molecule has 0 fully saturated rings. The fourth-order valence-electron chi connectivity index (χ4n) is 1.30. The van der Waals surface area contributed by atoms with Crippen molar-refractivity contribution in [1.82, 2.24) is 5.32 Å². The molecule has 0 aromatic carbocycles. The lowest BCUT2D eigenvalue weighted by atomic mass is 10.4.